The summed E-state index contributed by atoms with van der Waals surface area (Å²) < 4.78 is 11.0. The summed E-state index contributed by atoms with van der Waals surface area (Å²) in [4.78, 5) is 26.2. The van der Waals surface area contributed by atoms with Crippen molar-refractivity contribution in [2.24, 2.45) is 0 Å². The molecule has 6 heteroatoms. The van der Waals surface area contributed by atoms with Gasteiger partial charge in [-0.1, -0.05) is 17.7 Å². The fourth-order valence-corrected chi connectivity index (χ4v) is 3.27. The van der Waals surface area contributed by atoms with E-state index in [0.29, 0.717) is 25.4 Å². The fourth-order valence-electron chi connectivity index (χ4n) is 3.27. The van der Waals surface area contributed by atoms with Gasteiger partial charge < -0.3 is 19.7 Å². The molecule has 1 aromatic rings. The maximum atomic E-state index is 12.3. The number of carbonyl (C=O) groups excluding carboxylic acids is 2. The molecule has 3 rings (SSSR count). The van der Waals surface area contributed by atoms with E-state index < -0.39 is 0 Å². The number of piperidine rings is 1. The highest BCUT2D eigenvalue weighted by atomic mass is 16.5. The third-order valence-corrected chi connectivity index (χ3v) is 4.77. The average Bonchev–Trinajstić information content (AvgIpc) is 3.16. The van der Waals surface area contributed by atoms with E-state index in [1.165, 1.54) is 0 Å². The molecule has 0 bridgehead atoms. The molecule has 0 saturated carbocycles. The fraction of sp³-hybridized carbons (Fsp3) is 0.579. The van der Waals surface area contributed by atoms with Crippen molar-refractivity contribution in [3.63, 3.8) is 0 Å². The van der Waals surface area contributed by atoms with Crippen molar-refractivity contribution < 1.29 is 19.1 Å². The molecule has 2 amide bonds. The summed E-state index contributed by atoms with van der Waals surface area (Å²) in [7, 11) is 0. The Morgan fingerprint density at radius 1 is 1.20 bits per heavy atom. The first-order chi connectivity index (χ1) is 12.1. The number of hydrogen-bond acceptors (Lipinski definition) is 4. The Morgan fingerprint density at radius 3 is 2.56 bits per heavy atom. The van der Waals surface area contributed by atoms with Gasteiger partial charge in [0.15, 0.2) is 6.61 Å². The Morgan fingerprint density at radius 2 is 1.92 bits per heavy atom. The average molecular weight is 346 g/mol. The molecule has 1 unspecified atom stereocenters. The van der Waals surface area contributed by atoms with E-state index >= 15 is 0 Å². The highest BCUT2D eigenvalue weighted by Crippen LogP contribution is 2.18. The lowest BCUT2D eigenvalue weighted by Gasteiger charge is -2.33. The lowest BCUT2D eigenvalue weighted by molar-refractivity contribution is -0.142. The van der Waals surface area contributed by atoms with Crippen LogP contribution in [0.2, 0.25) is 0 Å². The van der Waals surface area contributed by atoms with E-state index in [-0.39, 0.29) is 30.6 Å². The molecule has 136 valence electrons. The zero-order valence-corrected chi connectivity index (χ0v) is 14.7. The first-order valence-corrected chi connectivity index (χ1v) is 9.01. The minimum absolute atomic E-state index is 0.0120. The Kier molecular flexibility index (Phi) is 5.91. The highest BCUT2D eigenvalue weighted by molar-refractivity contribution is 5.81. The number of aryl methyl sites for hydroxylation is 1. The minimum Gasteiger partial charge on any atom is -0.484 e. The van der Waals surface area contributed by atoms with Crippen LogP contribution in [0.25, 0.3) is 0 Å². The topological polar surface area (TPSA) is 67.9 Å². The third-order valence-electron chi connectivity index (χ3n) is 4.77. The van der Waals surface area contributed by atoms with E-state index in [2.05, 4.69) is 5.32 Å². The van der Waals surface area contributed by atoms with Crippen LogP contribution in [0.1, 0.15) is 31.2 Å². The van der Waals surface area contributed by atoms with Gasteiger partial charge in [0.05, 0.1) is 0 Å². The van der Waals surface area contributed by atoms with Gasteiger partial charge in [-0.25, -0.2) is 0 Å². The summed E-state index contributed by atoms with van der Waals surface area (Å²) in [6, 6.07) is 7.72. The van der Waals surface area contributed by atoms with Crippen molar-refractivity contribution in [2.75, 3.05) is 26.3 Å². The van der Waals surface area contributed by atoms with Crippen molar-refractivity contribution in [2.45, 2.75) is 44.8 Å². The van der Waals surface area contributed by atoms with Crippen LogP contribution >= 0.6 is 0 Å². The maximum Gasteiger partial charge on any atom is 0.258 e. The molecule has 1 atom stereocenters. The second-order valence-electron chi connectivity index (χ2n) is 6.77. The lowest BCUT2D eigenvalue weighted by atomic mass is 10.0. The van der Waals surface area contributed by atoms with E-state index in [1.807, 2.05) is 36.1 Å². The number of hydrogen-bond donors (Lipinski definition) is 1. The SMILES string of the molecule is Cc1ccc(OCC(=O)NC2CCN(C(=O)C3CCCO3)CC2)cc1. The smallest absolute Gasteiger partial charge is 0.258 e. The van der Waals surface area contributed by atoms with Gasteiger partial charge in [-0.15, -0.1) is 0 Å². The Bertz CT molecular complexity index is 588. The van der Waals surface area contributed by atoms with E-state index in [0.717, 1.165) is 31.2 Å². The van der Waals surface area contributed by atoms with Crippen LogP contribution in [0.5, 0.6) is 5.75 Å². The molecule has 0 spiro atoms. The second-order valence-corrected chi connectivity index (χ2v) is 6.77. The summed E-state index contributed by atoms with van der Waals surface area (Å²) in [6.45, 7) is 4.04. The molecular weight excluding hydrogens is 320 g/mol. The highest BCUT2D eigenvalue weighted by Gasteiger charge is 2.31. The van der Waals surface area contributed by atoms with Crippen LogP contribution in [0.15, 0.2) is 24.3 Å². The number of nitrogens with zero attached hydrogens (tertiary/aromatic N) is 1. The predicted octanol–water partition coefficient (Wildman–Crippen LogP) is 1.66. The van der Waals surface area contributed by atoms with Crippen LogP contribution in [0, 0.1) is 6.92 Å². The van der Waals surface area contributed by atoms with E-state index in [9.17, 15) is 9.59 Å². The molecule has 0 radical (unpaired) electrons. The summed E-state index contributed by atoms with van der Waals surface area (Å²) in [5.74, 6) is 0.673. The van der Waals surface area contributed by atoms with Gasteiger partial charge in [0.2, 0.25) is 0 Å². The molecule has 2 saturated heterocycles. The summed E-state index contributed by atoms with van der Waals surface area (Å²) in [6.07, 6.45) is 3.08. The zero-order chi connectivity index (χ0) is 17.6. The van der Waals surface area contributed by atoms with Gasteiger partial charge in [-0.3, -0.25) is 9.59 Å². The molecule has 2 fully saturated rings. The number of nitrogens with one attached hydrogen (secondary N) is 1. The zero-order valence-electron chi connectivity index (χ0n) is 14.7. The maximum absolute atomic E-state index is 12.3. The Hall–Kier alpha value is -2.08. The van der Waals surface area contributed by atoms with E-state index in [1.54, 1.807) is 0 Å². The molecular formula is C19H26N2O4. The molecule has 1 N–H and O–H groups in total. The number of rotatable bonds is 5. The van der Waals surface area contributed by atoms with Crippen LogP contribution in [-0.4, -0.2) is 55.2 Å². The molecule has 2 aliphatic rings. The van der Waals surface area contributed by atoms with Gasteiger partial charge in [-0.05, 0) is 44.7 Å². The molecule has 6 nitrogen and oxygen atoms in total. The normalized spacial score (nSPS) is 21.2. The molecule has 0 aromatic heterocycles. The van der Waals surface area contributed by atoms with Gasteiger partial charge in [0.1, 0.15) is 11.9 Å². The molecule has 2 aliphatic heterocycles. The van der Waals surface area contributed by atoms with Crippen LogP contribution in [0.4, 0.5) is 0 Å². The van der Waals surface area contributed by atoms with Gasteiger partial charge in [0.25, 0.3) is 11.8 Å². The largest absolute Gasteiger partial charge is 0.484 e. The lowest BCUT2D eigenvalue weighted by Crippen LogP contribution is -2.49. The van der Waals surface area contributed by atoms with Gasteiger partial charge >= 0.3 is 0 Å². The Labute approximate surface area is 148 Å². The van der Waals surface area contributed by atoms with Gasteiger partial charge in [0, 0.05) is 25.7 Å². The Balaban J connectivity index is 1.37. The number of carbonyl (C=O) groups is 2. The first-order valence-electron chi connectivity index (χ1n) is 9.01. The predicted molar refractivity (Wildman–Crippen MR) is 93.4 cm³/mol. The standard InChI is InChI=1S/C19H26N2O4/c1-14-4-6-16(7-5-14)25-13-18(22)20-15-8-10-21(11-9-15)19(23)17-3-2-12-24-17/h4-7,15,17H,2-3,8-13H2,1H3,(H,20,22). The number of amides is 2. The monoisotopic (exact) mass is 346 g/mol. The summed E-state index contributed by atoms with van der Waals surface area (Å²) in [5, 5.41) is 3.00. The molecule has 2 heterocycles. The van der Waals surface area contributed by atoms with Crippen LogP contribution in [0.3, 0.4) is 0 Å². The van der Waals surface area contributed by atoms with Crippen molar-refractivity contribution in [1.29, 1.82) is 0 Å². The minimum atomic E-state index is -0.256. The van der Waals surface area contributed by atoms with E-state index in [4.69, 9.17) is 9.47 Å². The van der Waals surface area contributed by atoms with Crippen LogP contribution in [-0.2, 0) is 14.3 Å². The van der Waals surface area contributed by atoms with Crippen LogP contribution < -0.4 is 10.1 Å². The van der Waals surface area contributed by atoms with Crippen molar-refractivity contribution in [3.8, 4) is 5.75 Å². The summed E-state index contributed by atoms with van der Waals surface area (Å²) >= 11 is 0. The second kappa shape index (κ2) is 8.34. The number of ether oxygens (including phenoxy) is 2. The molecule has 1 aromatic carbocycles. The van der Waals surface area contributed by atoms with Crippen molar-refractivity contribution in [3.05, 3.63) is 29.8 Å². The van der Waals surface area contributed by atoms with Gasteiger partial charge in [-0.2, -0.15) is 0 Å². The quantitative estimate of drug-likeness (QED) is 0.880. The molecule has 0 aliphatic carbocycles. The van der Waals surface area contributed by atoms with Crippen molar-refractivity contribution in [1.82, 2.24) is 10.2 Å². The molecule has 25 heavy (non-hydrogen) atoms. The third kappa shape index (κ3) is 4.95. The summed E-state index contributed by atoms with van der Waals surface area (Å²) in [5.41, 5.74) is 1.15. The first kappa shape index (κ1) is 17.7. The van der Waals surface area contributed by atoms with Crippen molar-refractivity contribution >= 4 is 11.8 Å². The number of likely N-dealkylation sites (tertiary alicyclic amines) is 1. The number of benzene rings is 1.